The van der Waals surface area contributed by atoms with E-state index in [1.54, 1.807) is 0 Å². The van der Waals surface area contributed by atoms with Crippen molar-refractivity contribution in [2.75, 3.05) is 0 Å². The molecule has 0 aromatic heterocycles. The fourth-order valence-corrected chi connectivity index (χ4v) is 3.76. The summed E-state index contributed by atoms with van der Waals surface area (Å²) in [5, 5.41) is 0. The van der Waals surface area contributed by atoms with E-state index >= 15 is 0 Å². The van der Waals surface area contributed by atoms with Gasteiger partial charge in [-0.1, -0.05) is 33.7 Å². The van der Waals surface area contributed by atoms with Crippen LogP contribution in [-0.2, 0) is 19.1 Å². The van der Waals surface area contributed by atoms with E-state index in [0.717, 1.165) is 12.8 Å². The molecule has 4 nitrogen and oxygen atoms in total. The molecule has 0 aromatic carbocycles. The first kappa shape index (κ1) is 14.9. The maximum absolute atomic E-state index is 10.5. The van der Waals surface area contributed by atoms with Gasteiger partial charge in [0.15, 0.2) is 0 Å². The van der Waals surface area contributed by atoms with E-state index in [0.29, 0.717) is 5.92 Å². The van der Waals surface area contributed by atoms with Gasteiger partial charge in [-0.3, -0.25) is 0 Å². The molecule has 2 rings (SSSR count). The largest absolute Gasteiger partial charge is 0.650 e. The maximum Gasteiger partial charge on any atom is 0.0741 e. The predicted octanol–water partition coefficient (Wildman–Crippen LogP) is 1.35. The van der Waals surface area contributed by atoms with Crippen LogP contribution in [0.3, 0.4) is 0 Å². The number of hydrogen-bond acceptors (Lipinski definition) is 4. The van der Waals surface area contributed by atoms with E-state index in [9.17, 15) is 9.59 Å². The van der Waals surface area contributed by atoms with Crippen molar-refractivity contribution < 1.29 is 19.1 Å². The quantitative estimate of drug-likeness (QED) is 0.407. The molecule has 2 aliphatic rings. The Morgan fingerprint density at radius 2 is 1.61 bits per heavy atom. The fourth-order valence-electron chi connectivity index (χ4n) is 3.76. The van der Waals surface area contributed by atoms with Gasteiger partial charge in [0.1, 0.15) is 0 Å². The number of fused-ring (bicyclic) bond motifs is 2. The monoisotopic (exact) mass is 758 g/mol. The maximum atomic E-state index is 10.5. The molecule has 4 atom stereocenters. The SMILES string of the molecule is CC1(C)C2CC(O[C-]=O)C(C)(C2)C1O[C-]=O.[Rf].[Rf]. The van der Waals surface area contributed by atoms with Crippen LogP contribution in [0, 0.1) is 16.7 Å². The van der Waals surface area contributed by atoms with Crippen molar-refractivity contribution in [3.05, 3.63) is 0 Å². The number of hydrogen-bond donors (Lipinski definition) is 0. The molecule has 0 spiro atoms. The third kappa shape index (κ3) is 1.43. The third-order valence-corrected chi connectivity index (χ3v) is 4.60. The molecule has 2 saturated carbocycles. The Bertz CT molecular complexity index is 321. The first-order chi connectivity index (χ1) is 7.46. The molecule has 0 radical (unpaired) electrons. The molecule has 0 aromatic rings. The average Bonchev–Trinajstić information content (AvgIpc) is 2.62. The van der Waals surface area contributed by atoms with Gasteiger partial charge in [-0.2, -0.15) is 0 Å². The molecular formula is C12H16O4Rf2-2. The molecular weight excluding hydrogens is 742 g/mol. The van der Waals surface area contributed by atoms with Crippen LogP contribution in [0.25, 0.3) is 0 Å². The van der Waals surface area contributed by atoms with Gasteiger partial charge in [0, 0.05) is 10.8 Å². The Kier molecular flexibility index (Phi) is 3.38. The van der Waals surface area contributed by atoms with E-state index in [1.165, 1.54) is 12.9 Å². The normalized spacial score (nSPS) is 39.2. The molecule has 0 amide bonds. The summed E-state index contributed by atoms with van der Waals surface area (Å²) in [4.78, 5) is 20.8. The van der Waals surface area contributed by atoms with Crippen molar-refractivity contribution in [1.29, 1.82) is 0 Å². The summed E-state index contributed by atoms with van der Waals surface area (Å²) in [5.41, 5.74) is -0.363. The summed E-state index contributed by atoms with van der Waals surface area (Å²) in [5.74, 6) is 0.411. The van der Waals surface area contributed by atoms with Crippen LogP contribution < -0.4 is 0 Å². The van der Waals surface area contributed by atoms with E-state index in [-0.39, 0.29) is 23.0 Å². The van der Waals surface area contributed by atoms with Crippen LogP contribution in [-0.4, -0.2) is 25.2 Å². The number of ether oxygens (including phenoxy) is 2. The Labute approximate surface area is 95.3 Å². The van der Waals surface area contributed by atoms with Crippen molar-refractivity contribution >= 4 is 12.9 Å². The van der Waals surface area contributed by atoms with Gasteiger partial charge in [-0.25, -0.2) is 0 Å². The number of carbonyl (C=O) groups excluding carboxylic acids is 2. The average molecular weight is 758 g/mol. The van der Waals surface area contributed by atoms with E-state index in [2.05, 4.69) is 13.8 Å². The zero-order valence-electron chi connectivity index (χ0n) is 11.2. The standard InChI is InChI=1S/C12H16O4.2Rf/c1-11(2)8-4-9(15-6-13)12(3,5-8)10(11)16-7-14;;/h8-10H,4-5H2,1-3H3;;/q-2;;. The Morgan fingerprint density at radius 3 is 2.06 bits per heavy atom. The topological polar surface area (TPSA) is 52.6 Å². The third-order valence-electron chi connectivity index (χ3n) is 4.60. The Hall–Kier alpha value is -3.06. The molecule has 2 aliphatic carbocycles. The van der Waals surface area contributed by atoms with Crippen molar-refractivity contribution in [3.8, 4) is 0 Å². The van der Waals surface area contributed by atoms with Gasteiger partial charge < -0.3 is 19.1 Å². The molecule has 0 aliphatic heterocycles. The molecule has 0 N–H and O–H groups in total. The summed E-state index contributed by atoms with van der Waals surface area (Å²) in [6, 6.07) is 0. The summed E-state index contributed by atoms with van der Waals surface area (Å²) < 4.78 is 10.1. The summed E-state index contributed by atoms with van der Waals surface area (Å²) >= 11 is 0. The van der Waals surface area contributed by atoms with Gasteiger partial charge >= 0.3 is 0 Å². The molecule has 2 bridgehead atoms. The van der Waals surface area contributed by atoms with Crippen LogP contribution in [0.1, 0.15) is 33.6 Å². The Morgan fingerprint density at radius 1 is 1.06 bits per heavy atom. The zero-order chi connectivity index (χ0) is 12.0. The van der Waals surface area contributed by atoms with Gasteiger partial charge in [-0.05, 0) is 18.8 Å². The first-order valence-corrected chi connectivity index (χ1v) is 5.52. The van der Waals surface area contributed by atoms with Gasteiger partial charge in [0.2, 0.25) is 0 Å². The first-order valence-electron chi connectivity index (χ1n) is 5.52. The molecule has 0 heterocycles. The van der Waals surface area contributed by atoms with Crippen LogP contribution in [0.4, 0.5) is 0 Å². The van der Waals surface area contributed by atoms with Gasteiger partial charge in [-0.15, -0.1) is 0 Å². The predicted molar refractivity (Wildman–Crippen MR) is 55.7 cm³/mol. The molecule has 2 fully saturated rings. The zero-order valence-corrected chi connectivity index (χ0v) is 24.0. The minimum atomic E-state index is -0.289. The van der Waals surface area contributed by atoms with E-state index < -0.39 is 0 Å². The summed E-state index contributed by atoms with van der Waals surface area (Å²) in [6.07, 6.45) is 1.31. The second-order valence-corrected chi connectivity index (χ2v) is 5.73. The van der Waals surface area contributed by atoms with Crippen molar-refractivity contribution in [2.45, 2.75) is 45.8 Å². The second kappa shape index (κ2) is 4.07. The van der Waals surface area contributed by atoms with Crippen LogP contribution in [0.2, 0.25) is 0 Å². The fraction of sp³-hybridized carbons (Fsp3) is 0.833. The van der Waals surface area contributed by atoms with Crippen LogP contribution >= 0.6 is 0 Å². The van der Waals surface area contributed by atoms with Crippen LogP contribution in [0.15, 0.2) is 0 Å². The molecule has 94 valence electrons. The van der Waals surface area contributed by atoms with Crippen molar-refractivity contribution in [2.24, 2.45) is 16.7 Å². The molecule has 4 unspecified atom stereocenters. The Balaban J connectivity index is 0.00000144. The molecule has 0 saturated heterocycles. The van der Waals surface area contributed by atoms with Crippen molar-refractivity contribution in [1.82, 2.24) is 0 Å². The summed E-state index contributed by atoms with van der Waals surface area (Å²) in [7, 11) is 0. The van der Waals surface area contributed by atoms with Gasteiger partial charge in [0.25, 0.3) is 0 Å². The van der Waals surface area contributed by atoms with Gasteiger partial charge in [0.05, 0.1) is 12.2 Å². The van der Waals surface area contributed by atoms with E-state index in [1.807, 2.05) is 6.92 Å². The minimum Gasteiger partial charge on any atom is -0.650 e. The molecule has 18 heavy (non-hydrogen) atoms. The second-order valence-electron chi connectivity index (χ2n) is 5.73. The van der Waals surface area contributed by atoms with E-state index in [4.69, 9.17) is 9.47 Å². The van der Waals surface area contributed by atoms with Crippen molar-refractivity contribution in [3.63, 3.8) is 0 Å². The number of rotatable bonds is 4. The summed E-state index contributed by atoms with van der Waals surface area (Å²) in [6.45, 7) is 9.22. The molecule has 6 heteroatoms. The minimum absolute atomic E-state index is 0. The van der Waals surface area contributed by atoms with Crippen LogP contribution in [0.5, 0.6) is 0 Å². The smallest absolute Gasteiger partial charge is 0.0741 e.